The van der Waals surface area contributed by atoms with E-state index in [1.165, 1.54) is 23.1 Å². The number of rotatable bonds is 12. The summed E-state index contributed by atoms with van der Waals surface area (Å²) in [6.45, 7) is 0.404. The van der Waals surface area contributed by atoms with Crippen molar-refractivity contribution in [1.82, 2.24) is 20.5 Å². The van der Waals surface area contributed by atoms with Gasteiger partial charge in [-0.2, -0.15) is 0 Å². The fourth-order valence-corrected chi connectivity index (χ4v) is 8.80. The van der Waals surface area contributed by atoms with Gasteiger partial charge in [0, 0.05) is 30.0 Å². The molecule has 7 rings (SSSR count). The first-order valence-corrected chi connectivity index (χ1v) is 18.5. The Labute approximate surface area is 305 Å². The number of oxime groups is 1. The lowest BCUT2D eigenvalue weighted by atomic mass is 9.77. The van der Waals surface area contributed by atoms with Crippen molar-refractivity contribution in [2.24, 2.45) is 5.16 Å². The zero-order chi connectivity index (χ0) is 35.5. The topological polar surface area (TPSA) is 162 Å². The quantitative estimate of drug-likeness (QED) is 0.0550. The van der Waals surface area contributed by atoms with Gasteiger partial charge in [-0.1, -0.05) is 96.2 Å². The summed E-state index contributed by atoms with van der Waals surface area (Å²) in [5.41, 5.74) is 2.12. The second-order valence-corrected chi connectivity index (χ2v) is 14.1. The van der Waals surface area contributed by atoms with Crippen molar-refractivity contribution in [2.45, 2.75) is 29.5 Å². The molecule has 3 atom stereocenters. The molecule has 4 N–H and O–H groups in total. The number of nitrogens with zero attached hydrogens (tertiary/aromatic N) is 3. The molecule has 12 nitrogen and oxygen atoms in total. The molecular weight excluding hydrogens is 712 g/mol. The van der Waals surface area contributed by atoms with E-state index in [0.717, 1.165) is 21.6 Å². The highest BCUT2D eigenvalue weighted by atomic mass is 35.5. The highest BCUT2D eigenvalue weighted by Gasteiger charge is 2.54. The van der Waals surface area contributed by atoms with Crippen LogP contribution in [0.15, 0.2) is 113 Å². The van der Waals surface area contributed by atoms with Crippen molar-refractivity contribution in [2.75, 3.05) is 23.5 Å². The lowest BCUT2D eigenvalue weighted by Gasteiger charge is -2.49. The third-order valence-corrected chi connectivity index (χ3v) is 11.3. The number of fused-ring (bicyclic) bond motifs is 1. The van der Waals surface area contributed by atoms with Crippen LogP contribution in [0.2, 0.25) is 0 Å². The summed E-state index contributed by atoms with van der Waals surface area (Å²) in [5, 5.41) is 24.4. The molecule has 0 spiro atoms. The summed E-state index contributed by atoms with van der Waals surface area (Å²) in [6, 6.07) is 28.8. The number of halogens is 1. The number of anilines is 1. The minimum atomic E-state index is -1.26. The molecule has 3 aromatic carbocycles. The molecule has 0 radical (unpaired) electrons. The third-order valence-electron chi connectivity index (χ3n) is 8.84. The molecular formula is C36H31ClN6O6S2. The van der Waals surface area contributed by atoms with E-state index in [1.54, 1.807) is 5.38 Å². The molecule has 0 aliphatic carbocycles. The number of thiazole rings is 1. The second kappa shape index (κ2) is 14.6. The summed E-state index contributed by atoms with van der Waals surface area (Å²) in [7, 11) is 0. The number of nitrogens with one attached hydrogen (secondary N) is 3. The maximum Gasteiger partial charge on any atom is 0.352 e. The predicted octanol–water partition coefficient (Wildman–Crippen LogP) is 4.13. The average molecular weight is 743 g/mol. The Kier molecular flexibility index (Phi) is 9.80. The molecule has 2 fully saturated rings. The molecule has 0 saturated carbocycles. The van der Waals surface area contributed by atoms with E-state index >= 15 is 0 Å². The molecule has 51 heavy (non-hydrogen) atoms. The number of carboxylic acid groups (broad SMARTS) is 1. The zero-order valence-electron chi connectivity index (χ0n) is 26.8. The minimum Gasteiger partial charge on any atom is -0.477 e. The van der Waals surface area contributed by atoms with Gasteiger partial charge < -0.3 is 25.9 Å². The van der Waals surface area contributed by atoms with Gasteiger partial charge in [0.15, 0.2) is 10.8 Å². The number of alkyl halides is 1. The molecule has 15 heteroatoms. The van der Waals surface area contributed by atoms with Crippen molar-refractivity contribution in [3.63, 3.8) is 0 Å². The van der Waals surface area contributed by atoms with Gasteiger partial charge in [-0.3, -0.25) is 19.3 Å². The van der Waals surface area contributed by atoms with E-state index in [1.807, 2.05) is 91.0 Å². The molecule has 1 aromatic heterocycles. The molecule has 0 unspecified atom stereocenters. The smallest absolute Gasteiger partial charge is 0.352 e. The number of carbonyl (C=O) groups excluding carboxylic acids is 3. The first-order chi connectivity index (χ1) is 24.8. The Morgan fingerprint density at radius 2 is 1.61 bits per heavy atom. The molecule has 4 heterocycles. The lowest BCUT2D eigenvalue weighted by molar-refractivity contribution is -0.150. The lowest BCUT2D eigenvalue weighted by Crippen LogP contribution is -2.71. The van der Waals surface area contributed by atoms with E-state index in [2.05, 4.69) is 21.1 Å². The van der Waals surface area contributed by atoms with Gasteiger partial charge in [0.25, 0.3) is 17.7 Å². The Morgan fingerprint density at radius 1 is 1.00 bits per heavy atom. The summed E-state index contributed by atoms with van der Waals surface area (Å²) in [4.78, 5) is 63.0. The van der Waals surface area contributed by atoms with Crippen LogP contribution in [0.1, 0.15) is 28.8 Å². The fraction of sp³-hybridized carbons (Fsp3) is 0.222. The summed E-state index contributed by atoms with van der Waals surface area (Å²) >= 11 is 8.52. The van der Waals surface area contributed by atoms with Crippen molar-refractivity contribution >= 4 is 69.2 Å². The van der Waals surface area contributed by atoms with Crippen molar-refractivity contribution < 1.29 is 29.1 Å². The number of aliphatic carboxylic acids is 1. The van der Waals surface area contributed by atoms with Crippen LogP contribution in [-0.2, 0) is 29.6 Å². The van der Waals surface area contributed by atoms with Crippen molar-refractivity contribution in [3.05, 3.63) is 130 Å². The number of hydrogen-bond donors (Lipinski definition) is 4. The summed E-state index contributed by atoms with van der Waals surface area (Å²) in [6.07, 6.45) is -0.547. The first kappa shape index (κ1) is 34.3. The maximum absolute atomic E-state index is 13.9. The molecule has 0 bridgehead atoms. The first-order valence-electron chi connectivity index (χ1n) is 16.0. The van der Waals surface area contributed by atoms with Crippen LogP contribution in [0, 0.1) is 0 Å². The van der Waals surface area contributed by atoms with Crippen LogP contribution in [0.5, 0.6) is 0 Å². The van der Waals surface area contributed by atoms with Gasteiger partial charge in [-0.15, -0.1) is 34.7 Å². The number of carbonyl (C=O) groups is 4. The number of carboxylic acids is 1. The maximum atomic E-state index is 13.9. The molecule has 260 valence electrons. The highest BCUT2D eigenvalue weighted by molar-refractivity contribution is 8.00. The number of benzene rings is 3. The Hall–Kier alpha value is -5.18. The van der Waals surface area contributed by atoms with Crippen molar-refractivity contribution in [3.8, 4) is 0 Å². The highest BCUT2D eigenvalue weighted by Crippen LogP contribution is 2.42. The van der Waals surface area contributed by atoms with Crippen LogP contribution in [-0.4, -0.2) is 80.1 Å². The number of hydrogen-bond acceptors (Lipinski definition) is 10. The van der Waals surface area contributed by atoms with E-state index in [-0.39, 0.29) is 28.9 Å². The minimum absolute atomic E-state index is 0.0364. The number of β-lactam (4-membered cyclic amide) rings is 1. The summed E-state index contributed by atoms with van der Waals surface area (Å²) < 4.78 is 0. The Morgan fingerprint density at radius 3 is 2.14 bits per heavy atom. The largest absolute Gasteiger partial charge is 0.477 e. The Balaban J connectivity index is 1.23. The SMILES string of the molecule is O=C(O)C1=C(CCl)CS[C@H]2[C@H](NC(=O)C(=NO[C@H]3CCNC3=O)c3csc(NC(c4ccccc4)(c4ccccc4)c4ccccc4)n3)C(=O)N12. The molecule has 2 saturated heterocycles. The summed E-state index contributed by atoms with van der Waals surface area (Å²) in [5.74, 6) is -2.72. The number of thioether (sulfide) groups is 1. The monoisotopic (exact) mass is 742 g/mol. The molecule has 4 aromatic rings. The van der Waals surface area contributed by atoms with Crippen LogP contribution in [0.3, 0.4) is 0 Å². The van der Waals surface area contributed by atoms with Gasteiger partial charge in [-0.25, -0.2) is 9.78 Å². The van der Waals surface area contributed by atoms with Gasteiger partial charge in [-0.05, 0) is 22.3 Å². The standard InChI is InChI=1S/C36H31ClN6O6S2/c37-18-21-19-50-33-28(32(46)43(33)29(21)34(47)48)40-31(45)27(42-49-26-16-17-38-30(26)44)25-20-51-35(39-25)41-36(22-10-4-1-5-11-22,23-12-6-2-7-13-23)24-14-8-3-9-15-24/h1-15,20,26,28,33H,16-19H2,(H,38,44)(H,39,41)(H,40,45)(H,47,48)/t26-,28+,33-/m0/s1. The Bertz CT molecular complexity index is 1930. The normalized spacial score (nSPS) is 20.3. The fourth-order valence-electron chi connectivity index (χ4n) is 6.37. The van der Waals surface area contributed by atoms with E-state index in [9.17, 15) is 24.3 Å². The second-order valence-electron chi connectivity index (χ2n) is 11.9. The van der Waals surface area contributed by atoms with Crippen LogP contribution in [0.4, 0.5) is 5.13 Å². The van der Waals surface area contributed by atoms with E-state index < -0.39 is 40.8 Å². The van der Waals surface area contributed by atoms with Gasteiger partial charge in [0.2, 0.25) is 6.10 Å². The average Bonchev–Trinajstić information content (AvgIpc) is 3.81. The van der Waals surface area contributed by atoms with Gasteiger partial charge >= 0.3 is 5.97 Å². The molecule has 3 aliphatic rings. The van der Waals surface area contributed by atoms with Crippen molar-refractivity contribution in [1.29, 1.82) is 0 Å². The van der Waals surface area contributed by atoms with Crippen LogP contribution in [0.25, 0.3) is 0 Å². The molecule has 3 amide bonds. The van der Waals surface area contributed by atoms with Gasteiger partial charge in [0.1, 0.15) is 28.3 Å². The number of amides is 3. The van der Waals surface area contributed by atoms with Gasteiger partial charge in [0.05, 0.1) is 0 Å². The third kappa shape index (κ3) is 6.46. The van der Waals surface area contributed by atoms with Crippen LogP contribution < -0.4 is 16.0 Å². The van der Waals surface area contributed by atoms with Crippen LogP contribution >= 0.6 is 34.7 Å². The zero-order valence-corrected chi connectivity index (χ0v) is 29.2. The predicted molar refractivity (Wildman–Crippen MR) is 194 cm³/mol. The van der Waals surface area contributed by atoms with E-state index in [4.69, 9.17) is 21.4 Å². The van der Waals surface area contributed by atoms with E-state index in [0.29, 0.717) is 29.4 Å². The molecule has 3 aliphatic heterocycles. The number of aromatic nitrogens is 1.